The Labute approximate surface area is 110 Å². The predicted octanol–water partition coefficient (Wildman–Crippen LogP) is 1.67. The lowest BCUT2D eigenvalue weighted by Crippen LogP contribution is -2.33. The molecule has 0 saturated heterocycles. The maximum atomic E-state index is 10.8. The minimum atomic E-state index is -0.145. The summed E-state index contributed by atoms with van der Waals surface area (Å²) in [5.41, 5.74) is 5.71. The van der Waals surface area contributed by atoms with E-state index < -0.39 is 0 Å². The third kappa shape index (κ3) is 11.2. The van der Waals surface area contributed by atoms with Gasteiger partial charge < -0.3 is 15.8 Å². The summed E-state index contributed by atoms with van der Waals surface area (Å²) in [4.78, 5) is 15.1. The van der Waals surface area contributed by atoms with Crippen LogP contribution in [0.1, 0.15) is 46.0 Å². The van der Waals surface area contributed by atoms with Gasteiger partial charge in [0.05, 0.1) is 7.11 Å². The number of nitrogens with zero attached hydrogens (tertiary/aromatic N) is 1. The first kappa shape index (κ1) is 16.7. The number of rotatable bonds is 9. The van der Waals surface area contributed by atoms with Crippen LogP contribution in [-0.4, -0.2) is 32.1 Å². The van der Waals surface area contributed by atoms with Gasteiger partial charge >= 0.3 is 5.97 Å². The van der Waals surface area contributed by atoms with E-state index in [1.807, 2.05) is 0 Å². The van der Waals surface area contributed by atoms with E-state index in [0.717, 1.165) is 32.2 Å². The first-order valence-electron chi connectivity index (χ1n) is 6.67. The number of unbranched alkanes of at least 4 members (excludes halogenated alkanes) is 2. The Morgan fingerprint density at radius 2 is 2.06 bits per heavy atom. The number of ether oxygens (including phenoxy) is 1. The summed E-state index contributed by atoms with van der Waals surface area (Å²) in [6.07, 6.45) is 4.35. The van der Waals surface area contributed by atoms with Crippen LogP contribution in [0.5, 0.6) is 0 Å². The molecule has 3 N–H and O–H groups in total. The lowest BCUT2D eigenvalue weighted by Gasteiger charge is -2.07. The highest BCUT2D eigenvalue weighted by molar-refractivity contribution is 5.77. The third-order valence-corrected chi connectivity index (χ3v) is 2.58. The van der Waals surface area contributed by atoms with Crippen molar-refractivity contribution in [1.29, 1.82) is 0 Å². The fourth-order valence-corrected chi connectivity index (χ4v) is 1.40. The van der Waals surface area contributed by atoms with Crippen molar-refractivity contribution in [2.24, 2.45) is 16.6 Å². The molecular formula is C13H27N3O2. The van der Waals surface area contributed by atoms with Crippen LogP contribution in [0.3, 0.4) is 0 Å². The zero-order valence-corrected chi connectivity index (χ0v) is 11.9. The summed E-state index contributed by atoms with van der Waals surface area (Å²) < 4.78 is 4.56. The van der Waals surface area contributed by atoms with E-state index >= 15 is 0 Å². The summed E-state index contributed by atoms with van der Waals surface area (Å²) in [6, 6.07) is 0. The second-order valence-corrected chi connectivity index (χ2v) is 4.76. The average Bonchev–Trinajstić information content (AvgIpc) is 2.32. The number of nitrogens with two attached hydrogens (primary N) is 1. The molecule has 0 fully saturated rings. The quantitative estimate of drug-likeness (QED) is 0.285. The van der Waals surface area contributed by atoms with Crippen LogP contribution in [0.2, 0.25) is 0 Å². The van der Waals surface area contributed by atoms with Crippen molar-refractivity contribution in [2.75, 3.05) is 20.2 Å². The van der Waals surface area contributed by atoms with Gasteiger partial charge in [0, 0.05) is 19.5 Å². The molecule has 0 aromatic heterocycles. The minimum absolute atomic E-state index is 0.145. The van der Waals surface area contributed by atoms with E-state index in [4.69, 9.17) is 5.73 Å². The summed E-state index contributed by atoms with van der Waals surface area (Å²) in [5.74, 6) is 1.04. The molecule has 0 saturated carbocycles. The normalized spacial score (nSPS) is 11.7. The van der Waals surface area contributed by atoms with Crippen LogP contribution in [0, 0.1) is 5.92 Å². The summed E-state index contributed by atoms with van der Waals surface area (Å²) in [7, 11) is 1.41. The van der Waals surface area contributed by atoms with E-state index in [2.05, 4.69) is 28.9 Å². The van der Waals surface area contributed by atoms with Gasteiger partial charge in [0.1, 0.15) is 0 Å². The predicted molar refractivity (Wildman–Crippen MR) is 74.4 cm³/mol. The zero-order valence-electron chi connectivity index (χ0n) is 11.9. The van der Waals surface area contributed by atoms with Crippen LogP contribution in [0.4, 0.5) is 0 Å². The van der Waals surface area contributed by atoms with Gasteiger partial charge in [0.2, 0.25) is 0 Å². The van der Waals surface area contributed by atoms with Gasteiger partial charge in [-0.15, -0.1) is 0 Å². The molecule has 0 aromatic rings. The van der Waals surface area contributed by atoms with Gasteiger partial charge in [0.25, 0.3) is 0 Å². The maximum Gasteiger partial charge on any atom is 0.305 e. The first-order valence-corrected chi connectivity index (χ1v) is 6.67. The fraction of sp³-hybridized carbons (Fsp3) is 0.846. The van der Waals surface area contributed by atoms with E-state index in [-0.39, 0.29) is 5.97 Å². The highest BCUT2D eigenvalue weighted by Gasteiger charge is 1.99. The number of hydrogen-bond acceptors (Lipinski definition) is 3. The molecule has 0 aliphatic rings. The molecule has 0 unspecified atom stereocenters. The SMILES string of the molecule is COC(=O)CCCCCN=C(N)NCCC(C)C. The second-order valence-electron chi connectivity index (χ2n) is 4.76. The van der Waals surface area contributed by atoms with Crippen molar-refractivity contribution < 1.29 is 9.53 Å². The van der Waals surface area contributed by atoms with E-state index in [1.165, 1.54) is 7.11 Å². The molecule has 0 heterocycles. The highest BCUT2D eigenvalue weighted by atomic mass is 16.5. The summed E-state index contributed by atoms with van der Waals surface area (Å²) in [6.45, 7) is 5.93. The third-order valence-electron chi connectivity index (χ3n) is 2.58. The van der Waals surface area contributed by atoms with E-state index in [0.29, 0.717) is 24.8 Å². The number of nitrogens with one attached hydrogen (secondary N) is 1. The van der Waals surface area contributed by atoms with Crippen molar-refractivity contribution in [3.8, 4) is 0 Å². The van der Waals surface area contributed by atoms with Gasteiger partial charge in [-0.1, -0.05) is 20.3 Å². The lowest BCUT2D eigenvalue weighted by molar-refractivity contribution is -0.140. The molecule has 5 nitrogen and oxygen atoms in total. The largest absolute Gasteiger partial charge is 0.469 e. The molecule has 0 aliphatic heterocycles. The van der Waals surface area contributed by atoms with Crippen LogP contribution in [0.25, 0.3) is 0 Å². The molecule has 0 rings (SSSR count). The number of hydrogen-bond donors (Lipinski definition) is 2. The maximum absolute atomic E-state index is 10.8. The standard InChI is InChI=1S/C13H27N3O2/c1-11(2)8-10-16-13(14)15-9-6-4-5-7-12(17)18-3/h11H,4-10H2,1-3H3,(H3,14,15,16). The smallest absolute Gasteiger partial charge is 0.305 e. The molecule has 0 amide bonds. The van der Waals surface area contributed by atoms with E-state index in [9.17, 15) is 4.79 Å². The molecule has 0 atom stereocenters. The Balaban J connectivity index is 3.42. The Morgan fingerprint density at radius 3 is 2.67 bits per heavy atom. The topological polar surface area (TPSA) is 76.7 Å². The summed E-state index contributed by atoms with van der Waals surface area (Å²) >= 11 is 0. The Kier molecular flexibility index (Phi) is 10.1. The second kappa shape index (κ2) is 10.9. The van der Waals surface area contributed by atoms with Crippen LogP contribution in [0.15, 0.2) is 4.99 Å². The van der Waals surface area contributed by atoms with Crippen molar-refractivity contribution in [1.82, 2.24) is 5.32 Å². The van der Waals surface area contributed by atoms with Crippen molar-refractivity contribution in [2.45, 2.75) is 46.0 Å². The van der Waals surface area contributed by atoms with Gasteiger partial charge in [0.15, 0.2) is 5.96 Å². The number of esters is 1. The van der Waals surface area contributed by atoms with Gasteiger partial charge in [-0.25, -0.2) is 0 Å². The Morgan fingerprint density at radius 1 is 1.33 bits per heavy atom. The van der Waals surface area contributed by atoms with Crippen molar-refractivity contribution in [3.05, 3.63) is 0 Å². The van der Waals surface area contributed by atoms with Gasteiger partial charge in [-0.05, 0) is 25.2 Å². The molecule has 0 radical (unpaired) electrons. The first-order chi connectivity index (χ1) is 8.56. The monoisotopic (exact) mass is 257 g/mol. The number of guanidine groups is 1. The molecule has 5 heteroatoms. The molecule has 0 aliphatic carbocycles. The number of carbonyl (C=O) groups excluding carboxylic acids is 1. The van der Waals surface area contributed by atoms with Crippen LogP contribution < -0.4 is 11.1 Å². The molecule has 106 valence electrons. The Hall–Kier alpha value is -1.26. The fourth-order valence-electron chi connectivity index (χ4n) is 1.40. The van der Waals surface area contributed by atoms with Crippen LogP contribution in [-0.2, 0) is 9.53 Å². The van der Waals surface area contributed by atoms with Gasteiger partial charge in [-0.2, -0.15) is 0 Å². The van der Waals surface area contributed by atoms with Crippen LogP contribution >= 0.6 is 0 Å². The van der Waals surface area contributed by atoms with Crippen molar-refractivity contribution >= 4 is 11.9 Å². The van der Waals surface area contributed by atoms with Gasteiger partial charge in [-0.3, -0.25) is 9.79 Å². The Bertz CT molecular complexity index is 253. The molecule has 0 bridgehead atoms. The molecule has 18 heavy (non-hydrogen) atoms. The number of methoxy groups -OCH3 is 1. The highest BCUT2D eigenvalue weighted by Crippen LogP contribution is 2.01. The van der Waals surface area contributed by atoms with Crippen molar-refractivity contribution in [3.63, 3.8) is 0 Å². The van der Waals surface area contributed by atoms with E-state index in [1.54, 1.807) is 0 Å². The minimum Gasteiger partial charge on any atom is -0.469 e. The molecule has 0 spiro atoms. The number of aliphatic imine (C=N–C) groups is 1. The summed E-state index contributed by atoms with van der Waals surface area (Å²) in [5, 5.41) is 3.09. The lowest BCUT2D eigenvalue weighted by atomic mass is 10.1. The molecule has 0 aromatic carbocycles. The average molecular weight is 257 g/mol. The zero-order chi connectivity index (χ0) is 13.8. The molecular weight excluding hydrogens is 230 g/mol. The number of carbonyl (C=O) groups is 1.